The van der Waals surface area contributed by atoms with Crippen molar-refractivity contribution in [2.75, 3.05) is 6.61 Å². The molecule has 7 heteroatoms. The lowest BCUT2D eigenvalue weighted by molar-refractivity contribution is 0.0599. The molecule has 2 saturated carbocycles. The Bertz CT molecular complexity index is 680. The summed E-state index contributed by atoms with van der Waals surface area (Å²) in [4.78, 5) is 27.5. The second kappa shape index (κ2) is 4.68. The zero-order valence-electron chi connectivity index (χ0n) is 10.6. The molecule has 0 aliphatic heterocycles. The molecule has 1 aromatic rings. The van der Waals surface area contributed by atoms with Crippen LogP contribution in [0.3, 0.4) is 0 Å². The lowest BCUT2D eigenvalue weighted by atomic mass is 10.0. The molecule has 3 rings (SSSR count). The summed E-state index contributed by atoms with van der Waals surface area (Å²) in [6, 6.07) is -0.177. The van der Waals surface area contributed by atoms with Gasteiger partial charge in [0.15, 0.2) is 0 Å². The average Bonchev–Trinajstić information content (AvgIpc) is 3.09. The number of aromatic nitrogens is 2. The van der Waals surface area contributed by atoms with Gasteiger partial charge in [0, 0.05) is 17.7 Å². The highest BCUT2D eigenvalue weighted by Gasteiger charge is 2.67. The van der Waals surface area contributed by atoms with E-state index in [1.54, 1.807) is 11.1 Å². The van der Waals surface area contributed by atoms with Crippen LogP contribution in [-0.4, -0.2) is 32.5 Å². The lowest BCUT2D eigenvalue weighted by Gasteiger charge is -2.17. The van der Waals surface area contributed by atoms with Gasteiger partial charge in [-0.3, -0.25) is 14.3 Å². The van der Waals surface area contributed by atoms with Crippen LogP contribution in [0, 0.1) is 11.3 Å². The third kappa shape index (κ3) is 1.84. The highest BCUT2D eigenvalue weighted by atomic mass is 79.9. The van der Waals surface area contributed by atoms with Crippen LogP contribution in [0.15, 0.2) is 20.8 Å². The van der Waals surface area contributed by atoms with E-state index in [2.05, 4.69) is 20.9 Å². The summed E-state index contributed by atoms with van der Waals surface area (Å²) in [7, 11) is 0. The molecule has 2 fully saturated rings. The second-order valence-electron chi connectivity index (χ2n) is 5.56. The summed E-state index contributed by atoms with van der Waals surface area (Å²) in [6.07, 6.45) is 3.62. The van der Waals surface area contributed by atoms with E-state index in [1.165, 1.54) is 10.8 Å². The summed E-state index contributed by atoms with van der Waals surface area (Å²) in [6.45, 7) is -0.0679. The summed E-state index contributed by atoms with van der Waals surface area (Å²) >= 11 is 3.10. The van der Waals surface area contributed by atoms with Crippen molar-refractivity contribution in [1.29, 1.82) is 0 Å². The fraction of sp³-hybridized carbons (Fsp3) is 0.538. The monoisotopic (exact) mass is 342 g/mol. The minimum Gasteiger partial charge on any atom is -0.396 e. The normalized spacial score (nSPS) is 35.5. The number of aliphatic hydroxyl groups excluding tert-OH is 2. The largest absolute Gasteiger partial charge is 0.396 e. The van der Waals surface area contributed by atoms with Crippen molar-refractivity contribution in [2.24, 2.45) is 11.3 Å². The molecule has 2 aliphatic rings. The molecule has 1 aromatic heterocycles. The lowest BCUT2D eigenvalue weighted by Crippen LogP contribution is -2.33. The van der Waals surface area contributed by atoms with Crippen LogP contribution in [0.5, 0.6) is 0 Å². The average molecular weight is 343 g/mol. The number of aromatic amines is 1. The van der Waals surface area contributed by atoms with Gasteiger partial charge in [-0.2, -0.15) is 0 Å². The third-order valence-electron chi connectivity index (χ3n) is 4.66. The van der Waals surface area contributed by atoms with Gasteiger partial charge >= 0.3 is 5.69 Å². The zero-order chi connectivity index (χ0) is 14.5. The number of rotatable bonds is 3. The van der Waals surface area contributed by atoms with Crippen molar-refractivity contribution in [1.82, 2.24) is 9.55 Å². The molecule has 108 valence electrons. The van der Waals surface area contributed by atoms with Gasteiger partial charge in [-0.1, -0.05) is 15.9 Å². The highest BCUT2D eigenvalue weighted by Crippen LogP contribution is 2.66. The Balaban J connectivity index is 2.02. The van der Waals surface area contributed by atoms with E-state index >= 15 is 0 Å². The van der Waals surface area contributed by atoms with Crippen LogP contribution >= 0.6 is 15.9 Å². The van der Waals surface area contributed by atoms with Crippen LogP contribution in [-0.2, 0) is 0 Å². The predicted octanol–water partition coefficient (Wildman–Crippen LogP) is 0.206. The summed E-state index contributed by atoms with van der Waals surface area (Å²) in [5.41, 5.74) is -0.992. The molecule has 0 spiro atoms. The first kappa shape index (κ1) is 13.8. The number of halogens is 1. The SMILES string of the molecule is O=c1[nH]c(=O)n([C@H]2C[C@H](O)[C@@]3(CO)C[C@H]23)cc1/C=C/Br. The van der Waals surface area contributed by atoms with Crippen LogP contribution in [0.25, 0.3) is 6.08 Å². The standard InChI is InChI=1S/C13H15BrN2O4/c14-2-1-7-5-16(12(20)15-11(7)19)9-3-10(18)13(6-17)4-8(9)13/h1-2,5,8-10,17-18H,3-4,6H2,(H,15,19,20)/b2-1+/t8-,9+,10+,13-/m1/s1. The van der Waals surface area contributed by atoms with Gasteiger partial charge in [0.05, 0.1) is 18.3 Å². The van der Waals surface area contributed by atoms with Gasteiger partial charge in [-0.25, -0.2) is 4.79 Å². The number of hydrogen-bond donors (Lipinski definition) is 3. The van der Waals surface area contributed by atoms with Gasteiger partial charge in [-0.15, -0.1) is 0 Å². The van der Waals surface area contributed by atoms with Crippen molar-refractivity contribution in [3.8, 4) is 0 Å². The molecule has 0 bridgehead atoms. The maximum absolute atomic E-state index is 12.0. The van der Waals surface area contributed by atoms with E-state index in [-0.39, 0.29) is 18.6 Å². The van der Waals surface area contributed by atoms with Gasteiger partial charge in [0.25, 0.3) is 5.56 Å². The Morgan fingerprint density at radius 3 is 2.85 bits per heavy atom. The molecule has 0 amide bonds. The van der Waals surface area contributed by atoms with Crippen molar-refractivity contribution in [3.05, 3.63) is 37.6 Å². The molecule has 0 unspecified atom stereocenters. The van der Waals surface area contributed by atoms with Crippen LogP contribution in [0.1, 0.15) is 24.4 Å². The van der Waals surface area contributed by atoms with Crippen molar-refractivity contribution < 1.29 is 10.2 Å². The van der Waals surface area contributed by atoms with Crippen molar-refractivity contribution >= 4 is 22.0 Å². The predicted molar refractivity (Wildman–Crippen MR) is 76.6 cm³/mol. The molecule has 2 aliphatic carbocycles. The first-order valence-corrected chi connectivity index (χ1v) is 7.36. The topological polar surface area (TPSA) is 95.3 Å². The van der Waals surface area contributed by atoms with Crippen molar-refractivity contribution in [3.63, 3.8) is 0 Å². The summed E-state index contributed by atoms with van der Waals surface area (Å²) in [5, 5.41) is 19.5. The number of nitrogens with zero attached hydrogens (tertiary/aromatic N) is 1. The number of H-pyrrole nitrogens is 1. The van der Waals surface area contributed by atoms with E-state index in [4.69, 9.17) is 0 Å². The Hall–Kier alpha value is -1.18. The molecule has 6 nitrogen and oxygen atoms in total. The van der Waals surface area contributed by atoms with Crippen LogP contribution in [0.2, 0.25) is 0 Å². The van der Waals surface area contributed by atoms with Gasteiger partial charge in [-0.05, 0) is 29.8 Å². The van der Waals surface area contributed by atoms with Gasteiger partial charge in [0.1, 0.15) is 0 Å². The molecular weight excluding hydrogens is 328 g/mol. The minimum atomic E-state index is -0.600. The van der Waals surface area contributed by atoms with Crippen LogP contribution < -0.4 is 11.2 Å². The first-order chi connectivity index (χ1) is 9.53. The molecule has 4 atom stereocenters. The second-order valence-corrected chi connectivity index (χ2v) is 6.09. The number of hydrogen-bond acceptors (Lipinski definition) is 4. The Kier molecular flexibility index (Phi) is 3.23. The highest BCUT2D eigenvalue weighted by molar-refractivity contribution is 9.11. The molecular formula is C13H15BrN2O4. The number of nitrogens with one attached hydrogen (secondary N) is 1. The van der Waals surface area contributed by atoms with Gasteiger partial charge in [0.2, 0.25) is 0 Å². The number of fused-ring (bicyclic) bond motifs is 1. The summed E-state index contributed by atoms with van der Waals surface area (Å²) in [5.74, 6) is 0.0897. The quantitative estimate of drug-likeness (QED) is 0.731. The van der Waals surface area contributed by atoms with Crippen LogP contribution in [0.4, 0.5) is 0 Å². The van der Waals surface area contributed by atoms with Gasteiger partial charge < -0.3 is 10.2 Å². The molecule has 20 heavy (non-hydrogen) atoms. The van der Waals surface area contributed by atoms with E-state index in [9.17, 15) is 19.8 Å². The van der Waals surface area contributed by atoms with Crippen molar-refractivity contribution in [2.45, 2.75) is 25.0 Å². The number of aliphatic hydroxyl groups is 2. The maximum Gasteiger partial charge on any atom is 0.328 e. The smallest absolute Gasteiger partial charge is 0.328 e. The van der Waals surface area contributed by atoms with E-state index in [1.807, 2.05) is 0 Å². The maximum atomic E-state index is 12.0. The Morgan fingerprint density at radius 2 is 2.30 bits per heavy atom. The van der Waals surface area contributed by atoms with E-state index in [0.717, 1.165) is 0 Å². The fourth-order valence-corrected chi connectivity index (χ4v) is 3.69. The van der Waals surface area contributed by atoms with E-state index in [0.29, 0.717) is 18.4 Å². The molecule has 3 N–H and O–H groups in total. The zero-order valence-corrected chi connectivity index (χ0v) is 12.2. The first-order valence-electron chi connectivity index (χ1n) is 6.44. The third-order valence-corrected chi connectivity index (χ3v) is 4.93. The molecule has 1 heterocycles. The molecule has 0 aromatic carbocycles. The Morgan fingerprint density at radius 1 is 1.55 bits per heavy atom. The Labute approximate surface area is 122 Å². The fourth-order valence-electron chi connectivity index (χ4n) is 3.41. The minimum absolute atomic E-state index is 0.0679. The molecule has 0 saturated heterocycles. The van der Waals surface area contributed by atoms with E-state index < -0.39 is 22.8 Å². The summed E-state index contributed by atoms with van der Waals surface area (Å²) < 4.78 is 1.47. The molecule has 0 radical (unpaired) electrons.